The van der Waals surface area contributed by atoms with Crippen molar-refractivity contribution in [2.45, 2.75) is 31.7 Å². The van der Waals surface area contributed by atoms with Crippen LogP contribution in [0.4, 0.5) is 0 Å². The SMILES string of the molecule is COC(=O)CC(c1ccco1)C(C)(C)N. The molecular formula is C11H17NO3. The van der Waals surface area contributed by atoms with Gasteiger partial charge in [0.2, 0.25) is 0 Å². The van der Waals surface area contributed by atoms with Crippen molar-refractivity contribution in [2.24, 2.45) is 5.73 Å². The number of esters is 1. The zero-order valence-corrected chi connectivity index (χ0v) is 9.32. The second kappa shape index (κ2) is 4.49. The van der Waals surface area contributed by atoms with Crippen molar-refractivity contribution in [1.82, 2.24) is 0 Å². The lowest BCUT2D eigenvalue weighted by Crippen LogP contribution is -2.40. The molecule has 1 unspecified atom stereocenters. The molecule has 0 radical (unpaired) electrons. The van der Waals surface area contributed by atoms with Crippen LogP contribution in [0.15, 0.2) is 22.8 Å². The van der Waals surface area contributed by atoms with E-state index in [0.29, 0.717) is 5.76 Å². The van der Waals surface area contributed by atoms with Gasteiger partial charge in [-0.25, -0.2) is 0 Å². The number of ether oxygens (including phenoxy) is 1. The van der Waals surface area contributed by atoms with Crippen LogP contribution in [0.25, 0.3) is 0 Å². The van der Waals surface area contributed by atoms with Gasteiger partial charge in [0.15, 0.2) is 0 Å². The Balaban J connectivity index is 2.85. The van der Waals surface area contributed by atoms with E-state index in [4.69, 9.17) is 10.2 Å². The van der Waals surface area contributed by atoms with E-state index >= 15 is 0 Å². The Hall–Kier alpha value is -1.29. The van der Waals surface area contributed by atoms with Crippen molar-refractivity contribution in [1.29, 1.82) is 0 Å². The largest absolute Gasteiger partial charge is 0.469 e. The molecule has 1 atom stereocenters. The molecule has 0 saturated carbocycles. The number of carbonyl (C=O) groups excluding carboxylic acids is 1. The third-order valence-electron chi connectivity index (χ3n) is 2.38. The molecule has 15 heavy (non-hydrogen) atoms. The summed E-state index contributed by atoms with van der Waals surface area (Å²) < 4.78 is 9.92. The Kier molecular flexibility index (Phi) is 3.52. The first-order chi connectivity index (χ1) is 6.95. The molecule has 2 N–H and O–H groups in total. The number of hydrogen-bond donors (Lipinski definition) is 1. The molecule has 0 amide bonds. The van der Waals surface area contributed by atoms with Gasteiger partial charge in [-0.05, 0) is 26.0 Å². The van der Waals surface area contributed by atoms with Gasteiger partial charge in [0.1, 0.15) is 5.76 Å². The van der Waals surface area contributed by atoms with Crippen molar-refractivity contribution in [2.75, 3.05) is 7.11 Å². The maximum absolute atomic E-state index is 11.2. The van der Waals surface area contributed by atoms with E-state index in [0.717, 1.165) is 0 Å². The minimum atomic E-state index is -0.522. The highest BCUT2D eigenvalue weighted by molar-refractivity contribution is 5.70. The predicted octanol–water partition coefficient (Wildman–Crippen LogP) is 1.66. The molecule has 0 fully saturated rings. The van der Waals surface area contributed by atoms with Crippen LogP contribution in [-0.2, 0) is 9.53 Å². The molecule has 4 heteroatoms. The number of furan rings is 1. The highest BCUT2D eigenvalue weighted by atomic mass is 16.5. The van der Waals surface area contributed by atoms with Crippen LogP contribution >= 0.6 is 0 Å². The molecule has 1 aromatic heterocycles. The van der Waals surface area contributed by atoms with Crippen LogP contribution < -0.4 is 5.73 Å². The van der Waals surface area contributed by atoms with Gasteiger partial charge in [0, 0.05) is 11.5 Å². The normalized spacial score (nSPS) is 13.6. The number of hydrogen-bond acceptors (Lipinski definition) is 4. The Morgan fingerprint density at radius 3 is 2.73 bits per heavy atom. The van der Waals surface area contributed by atoms with Crippen molar-refractivity contribution in [3.8, 4) is 0 Å². The van der Waals surface area contributed by atoms with Gasteiger partial charge in [-0.2, -0.15) is 0 Å². The molecule has 0 aliphatic heterocycles. The van der Waals surface area contributed by atoms with Gasteiger partial charge in [-0.3, -0.25) is 4.79 Å². The lowest BCUT2D eigenvalue weighted by molar-refractivity contribution is -0.141. The number of nitrogens with two attached hydrogens (primary N) is 1. The van der Waals surface area contributed by atoms with Crippen LogP contribution in [-0.4, -0.2) is 18.6 Å². The van der Waals surface area contributed by atoms with Crippen LogP contribution in [0.3, 0.4) is 0 Å². The highest BCUT2D eigenvalue weighted by Crippen LogP contribution is 2.30. The summed E-state index contributed by atoms with van der Waals surface area (Å²) in [7, 11) is 1.37. The third kappa shape index (κ3) is 3.09. The minimum Gasteiger partial charge on any atom is -0.469 e. The molecule has 4 nitrogen and oxygen atoms in total. The summed E-state index contributed by atoms with van der Waals surface area (Å²) in [6.45, 7) is 3.73. The number of rotatable bonds is 4. The summed E-state index contributed by atoms with van der Waals surface area (Å²) in [5.74, 6) is 0.266. The molecule has 0 bridgehead atoms. The first-order valence-electron chi connectivity index (χ1n) is 4.84. The predicted molar refractivity (Wildman–Crippen MR) is 56.3 cm³/mol. The molecule has 1 aromatic rings. The van der Waals surface area contributed by atoms with Crippen molar-refractivity contribution in [3.63, 3.8) is 0 Å². The Morgan fingerprint density at radius 2 is 2.33 bits per heavy atom. The summed E-state index contributed by atoms with van der Waals surface area (Å²) in [5.41, 5.74) is 5.48. The summed E-state index contributed by atoms with van der Waals surface area (Å²) >= 11 is 0. The first-order valence-corrected chi connectivity index (χ1v) is 4.84. The lowest BCUT2D eigenvalue weighted by atomic mass is 9.84. The maximum atomic E-state index is 11.2. The van der Waals surface area contributed by atoms with E-state index < -0.39 is 5.54 Å². The fourth-order valence-corrected chi connectivity index (χ4v) is 1.47. The molecule has 0 aliphatic carbocycles. The average Bonchev–Trinajstić information content (AvgIpc) is 2.64. The summed E-state index contributed by atoms with van der Waals surface area (Å²) in [6, 6.07) is 3.60. The van der Waals surface area contributed by atoms with E-state index in [1.807, 2.05) is 19.9 Å². The third-order valence-corrected chi connectivity index (χ3v) is 2.38. The monoisotopic (exact) mass is 211 g/mol. The van der Waals surface area contributed by atoms with Crippen LogP contribution in [0.2, 0.25) is 0 Å². The average molecular weight is 211 g/mol. The Labute approximate surface area is 89.4 Å². The van der Waals surface area contributed by atoms with Crippen molar-refractivity contribution in [3.05, 3.63) is 24.2 Å². The summed E-state index contributed by atoms with van der Waals surface area (Å²) in [4.78, 5) is 11.2. The van der Waals surface area contributed by atoms with Crippen LogP contribution in [0.1, 0.15) is 31.9 Å². The standard InChI is InChI=1S/C11H17NO3/c1-11(2,12)8(7-10(13)14-3)9-5-4-6-15-9/h4-6,8H,7,12H2,1-3H3. The second-order valence-corrected chi connectivity index (χ2v) is 4.17. The molecule has 1 rings (SSSR count). The molecule has 0 aliphatic rings. The number of methoxy groups -OCH3 is 1. The van der Waals surface area contributed by atoms with E-state index in [9.17, 15) is 4.79 Å². The first kappa shape index (κ1) is 11.8. The summed E-state index contributed by atoms with van der Waals surface area (Å²) in [6.07, 6.45) is 1.80. The Morgan fingerprint density at radius 1 is 1.67 bits per heavy atom. The lowest BCUT2D eigenvalue weighted by Gasteiger charge is -2.27. The molecule has 0 aromatic carbocycles. The second-order valence-electron chi connectivity index (χ2n) is 4.17. The van der Waals surface area contributed by atoms with E-state index in [1.54, 1.807) is 12.3 Å². The number of carbonyl (C=O) groups is 1. The molecule has 1 heterocycles. The van der Waals surface area contributed by atoms with Crippen molar-refractivity contribution < 1.29 is 13.9 Å². The topological polar surface area (TPSA) is 65.5 Å². The van der Waals surface area contributed by atoms with E-state index in [-0.39, 0.29) is 18.3 Å². The van der Waals surface area contributed by atoms with E-state index in [1.165, 1.54) is 7.11 Å². The van der Waals surface area contributed by atoms with Crippen LogP contribution in [0, 0.1) is 0 Å². The van der Waals surface area contributed by atoms with Gasteiger partial charge in [-0.15, -0.1) is 0 Å². The zero-order valence-electron chi connectivity index (χ0n) is 9.32. The maximum Gasteiger partial charge on any atom is 0.306 e. The Bertz CT molecular complexity index is 311. The molecule has 0 saturated heterocycles. The van der Waals surface area contributed by atoms with Crippen molar-refractivity contribution >= 4 is 5.97 Å². The highest BCUT2D eigenvalue weighted by Gasteiger charge is 2.31. The zero-order chi connectivity index (χ0) is 11.5. The smallest absolute Gasteiger partial charge is 0.306 e. The van der Waals surface area contributed by atoms with Gasteiger partial charge >= 0.3 is 5.97 Å². The van der Waals surface area contributed by atoms with Gasteiger partial charge in [-0.1, -0.05) is 0 Å². The fourth-order valence-electron chi connectivity index (χ4n) is 1.47. The quantitative estimate of drug-likeness (QED) is 0.769. The van der Waals surface area contributed by atoms with Crippen LogP contribution in [0.5, 0.6) is 0 Å². The minimum absolute atomic E-state index is 0.167. The van der Waals surface area contributed by atoms with E-state index in [2.05, 4.69) is 4.74 Å². The molecular weight excluding hydrogens is 194 g/mol. The van der Waals surface area contributed by atoms with Gasteiger partial charge in [0.05, 0.1) is 19.8 Å². The molecule has 0 spiro atoms. The van der Waals surface area contributed by atoms with Gasteiger partial charge in [0.25, 0.3) is 0 Å². The fraction of sp³-hybridized carbons (Fsp3) is 0.545. The summed E-state index contributed by atoms with van der Waals surface area (Å²) in [5, 5.41) is 0. The van der Waals surface area contributed by atoms with Gasteiger partial charge < -0.3 is 14.9 Å². The molecule has 84 valence electrons.